The highest BCUT2D eigenvalue weighted by molar-refractivity contribution is 5.89. The monoisotopic (exact) mass is 326 g/mol. The Morgan fingerprint density at radius 1 is 1.25 bits per heavy atom. The number of carbonyl (C=O) groups excluding carboxylic acids is 1. The van der Waals surface area contributed by atoms with Crippen LogP contribution in [0.5, 0.6) is 0 Å². The molecule has 2 heterocycles. The van der Waals surface area contributed by atoms with E-state index in [1.54, 1.807) is 0 Å². The molecule has 0 bridgehead atoms. The van der Waals surface area contributed by atoms with Gasteiger partial charge in [0.2, 0.25) is 0 Å². The molecule has 1 aromatic carbocycles. The van der Waals surface area contributed by atoms with Crippen molar-refractivity contribution in [3.05, 3.63) is 48.5 Å². The number of aromatic nitrogens is 2. The van der Waals surface area contributed by atoms with Crippen molar-refractivity contribution in [3.63, 3.8) is 0 Å². The van der Waals surface area contributed by atoms with Crippen LogP contribution in [0.3, 0.4) is 0 Å². The number of imidazole rings is 1. The summed E-state index contributed by atoms with van der Waals surface area (Å²) in [6.07, 6.45) is 6.04. The van der Waals surface area contributed by atoms with Gasteiger partial charge in [-0.2, -0.15) is 0 Å². The first-order valence-corrected chi connectivity index (χ1v) is 8.75. The summed E-state index contributed by atoms with van der Waals surface area (Å²) in [6.45, 7) is 6.98. The minimum atomic E-state index is 0.00477. The molecular weight excluding hydrogens is 300 g/mol. The van der Waals surface area contributed by atoms with Crippen LogP contribution in [0, 0.1) is 5.92 Å². The van der Waals surface area contributed by atoms with Crippen molar-refractivity contribution in [1.82, 2.24) is 14.5 Å². The number of amides is 2. The number of piperidine rings is 1. The van der Waals surface area contributed by atoms with Crippen molar-refractivity contribution >= 4 is 11.7 Å². The molecular formula is C19H26N4O. The number of nitrogens with one attached hydrogen (secondary N) is 1. The minimum absolute atomic E-state index is 0.00477. The first kappa shape index (κ1) is 16.6. The molecule has 0 radical (unpaired) electrons. The van der Waals surface area contributed by atoms with Crippen molar-refractivity contribution in [3.8, 4) is 0 Å². The zero-order chi connectivity index (χ0) is 16.9. The maximum atomic E-state index is 12.3. The van der Waals surface area contributed by atoms with Crippen molar-refractivity contribution in [2.45, 2.75) is 39.2 Å². The molecule has 24 heavy (non-hydrogen) atoms. The molecule has 1 aromatic heterocycles. The molecule has 0 spiro atoms. The minimum Gasteiger partial charge on any atom is -0.334 e. The third-order valence-corrected chi connectivity index (χ3v) is 4.65. The summed E-state index contributed by atoms with van der Waals surface area (Å²) in [5.74, 6) is 2.20. The average Bonchev–Trinajstić information content (AvgIpc) is 3.05. The van der Waals surface area contributed by atoms with E-state index >= 15 is 0 Å². The van der Waals surface area contributed by atoms with Gasteiger partial charge in [-0.3, -0.25) is 0 Å². The highest BCUT2D eigenvalue weighted by Gasteiger charge is 2.23. The number of urea groups is 1. The summed E-state index contributed by atoms with van der Waals surface area (Å²) >= 11 is 0. The van der Waals surface area contributed by atoms with E-state index in [0.717, 1.165) is 44.0 Å². The second-order valence-electron chi connectivity index (χ2n) is 6.82. The quantitative estimate of drug-likeness (QED) is 0.925. The lowest BCUT2D eigenvalue weighted by Gasteiger charge is -2.32. The Kier molecular flexibility index (Phi) is 5.18. The largest absolute Gasteiger partial charge is 0.334 e. The molecule has 1 N–H and O–H groups in total. The van der Waals surface area contributed by atoms with E-state index < -0.39 is 0 Å². The van der Waals surface area contributed by atoms with Gasteiger partial charge >= 0.3 is 6.03 Å². The number of anilines is 1. The van der Waals surface area contributed by atoms with Gasteiger partial charge < -0.3 is 14.8 Å². The molecule has 5 heteroatoms. The molecule has 5 nitrogen and oxygen atoms in total. The highest BCUT2D eigenvalue weighted by Crippen LogP contribution is 2.22. The maximum Gasteiger partial charge on any atom is 0.321 e. The maximum absolute atomic E-state index is 12.3. The SMILES string of the molecule is CC(C)c1nccn1CC1CCN(C(=O)Nc2ccccc2)CC1. The predicted molar refractivity (Wildman–Crippen MR) is 96.1 cm³/mol. The predicted octanol–water partition coefficient (Wildman–Crippen LogP) is 3.95. The number of benzene rings is 1. The van der Waals surface area contributed by atoms with Gasteiger partial charge in [-0.25, -0.2) is 9.78 Å². The summed E-state index contributed by atoms with van der Waals surface area (Å²) < 4.78 is 2.27. The summed E-state index contributed by atoms with van der Waals surface area (Å²) in [4.78, 5) is 18.7. The molecule has 1 aliphatic heterocycles. The van der Waals surface area contributed by atoms with Crippen LogP contribution < -0.4 is 5.32 Å². The van der Waals surface area contributed by atoms with Crippen molar-refractivity contribution in [2.24, 2.45) is 5.92 Å². The third-order valence-electron chi connectivity index (χ3n) is 4.65. The molecule has 0 aliphatic carbocycles. The molecule has 128 valence electrons. The highest BCUT2D eigenvalue weighted by atomic mass is 16.2. The standard InChI is InChI=1S/C19H26N4O/c1-15(2)18-20-10-13-23(18)14-16-8-11-22(12-9-16)19(24)21-17-6-4-3-5-7-17/h3-7,10,13,15-16H,8-9,11-12,14H2,1-2H3,(H,21,24). The number of carbonyl (C=O) groups is 1. The van der Waals surface area contributed by atoms with Gasteiger partial charge in [0.1, 0.15) is 5.82 Å². The molecule has 1 fully saturated rings. The summed E-state index contributed by atoms with van der Waals surface area (Å²) in [6, 6.07) is 9.64. The average molecular weight is 326 g/mol. The van der Waals surface area contributed by atoms with Crippen molar-refractivity contribution in [2.75, 3.05) is 18.4 Å². The van der Waals surface area contributed by atoms with Crippen LogP contribution >= 0.6 is 0 Å². The van der Waals surface area contributed by atoms with E-state index in [1.807, 2.05) is 41.4 Å². The first-order chi connectivity index (χ1) is 11.6. The van der Waals surface area contributed by atoms with Gasteiger partial charge in [-0.1, -0.05) is 32.0 Å². The molecule has 1 aliphatic rings. The van der Waals surface area contributed by atoms with E-state index in [1.165, 1.54) is 0 Å². The van der Waals surface area contributed by atoms with Gasteiger partial charge in [-0.05, 0) is 30.9 Å². The smallest absolute Gasteiger partial charge is 0.321 e. The topological polar surface area (TPSA) is 50.2 Å². The molecule has 2 aromatic rings. The lowest BCUT2D eigenvalue weighted by Crippen LogP contribution is -2.41. The first-order valence-electron chi connectivity index (χ1n) is 8.75. The Morgan fingerprint density at radius 3 is 2.62 bits per heavy atom. The van der Waals surface area contributed by atoms with Gasteiger partial charge in [0, 0.05) is 43.6 Å². The Balaban J connectivity index is 1.50. The summed E-state index contributed by atoms with van der Waals surface area (Å²) in [7, 11) is 0. The third kappa shape index (κ3) is 3.96. The normalized spacial score (nSPS) is 15.7. The van der Waals surface area contributed by atoms with Crippen LogP contribution in [0.1, 0.15) is 38.4 Å². The number of likely N-dealkylation sites (tertiary alicyclic amines) is 1. The lowest BCUT2D eigenvalue weighted by atomic mass is 9.96. The number of nitrogens with zero attached hydrogens (tertiary/aromatic N) is 3. The van der Waals surface area contributed by atoms with Crippen LogP contribution in [-0.4, -0.2) is 33.6 Å². The zero-order valence-electron chi connectivity index (χ0n) is 14.5. The Bertz CT molecular complexity index is 657. The van der Waals surface area contributed by atoms with E-state index in [-0.39, 0.29) is 6.03 Å². The van der Waals surface area contributed by atoms with E-state index in [4.69, 9.17) is 0 Å². The van der Waals surface area contributed by atoms with Crippen LogP contribution in [0.15, 0.2) is 42.7 Å². The van der Waals surface area contributed by atoms with Crippen LogP contribution in [0.2, 0.25) is 0 Å². The van der Waals surface area contributed by atoms with Crippen molar-refractivity contribution in [1.29, 1.82) is 0 Å². The van der Waals surface area contributed by atoms with Crippen LogP contribution in [-0.2, 0) is 6.54 Å². The van der Waals surface area contributed by atoms with Gasteiger partial charge in [0.25, 0.3) is 0 Å². The van der Waals surface area contributed by atoms with Gasteiger partial charge in [0.05, 0.1) is 0 Å². The second-order valence-corrected chi connectivity index (χ2v) is 6.82. The molecule has 2 amide bonds. The lowest BCUT2D eigenvalue weighted by molar-refractivity contribution is 0.176. The van der Waals surface area contributed by atoms with Crippen LogP contribution in [0.4, 0.5) is 10.5 Å². The zero-order valence-corrected chi connectivity index (χ0v) is 14.5. The molecule has 0 atom stereocenters. The number of rotatable bonds is 4. The summed E-state index contributed by atoms with van der Waals surface area (Å²) in [5, 5.41) is 2.97. The fraction of sp³-hybridized carbons (Fsp3) is 0.474. The molecule has 3 rings (SSSR count). The molecule has 1 saturated heterocycles. The van der Waals surface area contributed by atoms with Crippen LogP contribution in [0.25, 0.3) is 0 Å². The van der Waals surface area contributed by atoms with E-state index in [2.05, 4.69) is 34.9 Å². The fourth-order valence-corrected chi connectivity index (χ4v) is 3.30. The van der Waals surface area contributed by atoms with Gasteiger partial charge in [-0.15, -0.1) is 0 Å². The summed E-state index contributed by atoms with van der Waals surface area (Å²) in [5.41, 5.74) is 0.851. The van der Waals surface area contributed by atoms with Gasteiger partial charge in [0.15, 0.2) is 0 Å². The van der Waals surface area contributed by atoms with Crippen molar-refractivity contribution < 1.29 is 4.79 Å². The number of hydrogen-bond acceptors (Lipinski definition) is 2. The Morgan fingerprint density at radius 2 is 1.96 bits per heavy atom. The number of hydrogen-bond donors (Lipinski definition) is 1. The fourth-order valence-electron chi connectivity index (χ4n) is 3.30. The second kappa shape index (κ2) is 7.51. The Labute approximate surface area is 143 Å². The number of para-hydroxylation sites is 1. The van der Waals surface area contributed by atoms with E-state index in [0.29, 0.717) is 11.8 Å². The molecule has 0 unspecified atom stereocenters. The molecule has 0 saturated carbocycles. The Hall–Kier alpha value is -2.30. The van der Waals surface area contributed by atoms with E-state index in [9.17, 15) is 4.79 Å².